The summed E-state index contributed by atoms with van der Waals surface area (Å²) in [6.07, 6.45) is 2.19. The molecule has 1 aromatic rings. The lowest BCUT2D eigenvalue weighted by molar-refractivity contribution is 0.216. The summed E-state index contributed by atoms with van der Waals surface area (Å²) in [5.74, 6) is 0. The van der Waals surface area contributed by atoms with Crippen LogP contribution in [0.5, 0.6) is 0 Å². The van der Waals surface area contributed by atoms with Crippen molar-refractivity contribution in [2.75, 3.05) is 13.1 Å². The molecule has 0 unspecified atom stereocenters. The molecule has 0 radical (unpaired) electrons. The lowest BCUT2D eigenvalue weighted by atomic mass is 9.69. The third-order valence-electron chi connectivity index (χ3n) is 3.85. The Balaban J connectivity index is 2.30. The molecule has 0 spiro atoms. The molecular weight excluding hydrogens is 216 g/mol. The van der Waals surface area contributed by atoms with Crippen molar-refractivity contribution in [3.8, 4) is 0 Å². The summed E-state index contributed by atoms with van der Waals surface area (Å²) in [6, 6.07) is 10.9. The van der Waals surface area contributed by atoms with Gasteiger partial charge in [0.05, 0.1) is 0 Å². The van der Waals surface area contributed by atoms with Crippen LogP contribution in [0, 0.1) is 0 Å². The second kappa shape index (κ2) is 4.78. The summed E-state index contributed by atoms with van der Waals surface area (Å²) in [5, 5.41) is 0. The molecular formula is C13H20N2S. The van der Waals surface area contributed by atoms with E-state index < -0.39 is 0 Å². The summed E-state index contributed by atoms with van der Waals surface area (Å²) >= 11 is 4.41. The average molecular weight is 236 g/mol. The van der Waals surface area contributed by atoms with E-state index in [1.165, 1.54) is 5.56 Å². The van der Waals surface area contributed by atoms with Crippen molar-refractivity contribution < 1.29 is 0 Å². The number of hydrogen-bond acceptors (Lipinski definition) is 3. The quantitative estimate of drug-likeness (QED) is 0.771. The molecule has 3 heteroatoms. The fourth-order valence-corrected chi connectivity index (χ4v) is 2.87. The van der Waals surface area contributed by atoms with Crippen LogP contribution in [0.3, 0.4) is 0 Å². The summed E-state index contributed by atoms with van der Waals surface area (Å²) in [4.78, 5) is 0. The van der Waals surface area contributed by atoms with Crippen LogP contribution in [0.25, 0.3) is 0 Å². The predicted octanol–water partition coefficient (Wildman–Crippen LogP) is 2.21. The summed E-state index contributed by atoms with van der Waals surface area (Å²) in [5.41, 5.74) is 7.76. The largest absolute Gasteiger partial charge is 0.327 e. The van der Waals surface area contributed by atoms with Crippen LogP contribution in [-0.2, 0) is 5.41 Å². The van der Waals surface area contributed by atoms with Crippen molar-refractivity contribution in [3.05, 3.63) is 35.9 Å². The highest BCUT2D eigenvalue weighted by Gasteiger charge is 2.38. The van der Waals surface area contributed by atoms with E-state index in [4.69, 9.17) is 5.73 Å². The van der Waals surface area contributed by atoms with Gasteiger partial charge in [-0.05, 0) is 25.3 Å². The van der Waals surface area contributed by atoms with Gasteiger partial charge in [0, 0.05) is 24.5 Å². The van der Waals surface area contributed by atoms with Gasteiger partial charge in [-0.15, -0.1) is 0 Å². The lowest BCUT2D eigenvalue weighted by Gasteiger charge is -2.43. The second-order valence-electron chi connectivity index (χ2n) is 4.76. The minimum Gasteiger partial charge on any atom is -0.327 e. The van der Waals surface area contributed by atoms with E-state index in [1.807, 2.05) is 0 Å². The Bertz CT molecular complexity index is 329. The van der Waals surface area contributed by atoms with E-state index in [2.05, 4.69) is 54.4 Å². The maximum atomic E-state index is 6.24. The number of thiol groups is 1. The highest BCUT2D eigenvalue weighted by atomic mass is 32.1. The van der Waals surface area contributed by atoms with Gasteiger partial charge in [-0.25, -0.2) is 0 Å². The molecule has 1 heterocycles. The first-order valence-corrected chi connectivity index (χ1v) is 6.30. The predicted molar refractivity (Wildman–Crippen MR) is 71.6 cm³/mol. The Morgan fingerprint density at radius 2 is 1.81 bits per heavy atom. The van der Waals surface area contributed by atoms with Crippen LogP contribution in [0.1, 0.15) is 25.3 Å². The SMILES string of the molecule is C[C@H](N)C1(c2ccccc2)CCN(S)CC1. The number of nitrogens with two attached hydrogens (primary N) is 1. The number of rotatable bonds is 2. The third-order valence-corrected chi connectivity index (χ3v) is 4.25. The molecule has 0 amide bonds. The smallest absolute Gasteiger partial charge is 0.0126 e. The second-order valence-corrected chi connectivity index (χ2v) is 5.33. The normalized spacial score (nSPS) is 22.9. The molecule has 0 aliphatic carbocycles. The lowest BCUT2D eigenvalue weighted by Crippen LogP contribution is -2.49. The van der Waals surface area contributed by atoms with Crippen LogP contribution in [0.15, 0.2) is 30.3 Å². The van der Waals surface area contributed by atoms with E-state index in [9.17, 15) is 0 Å². The Labute approximate surface area is 103 Å². The summed E-state index contributed by atoms with van der Waals surface area (Å²) in [7, 11) is 0. The zero-order valence-electron chi connectivity index (χ0n) is 9.76. The van der Waals surface area contributed by atoms with Gasteiger partial charge in [0.25, 0.3) is 0 Å². The molecule has 1 atom stereocenters. The molecule has 16 heavy (non-hydrogen) atoms. The molecule has 0 saturated carbocycles. The Hall–Kier alpha value is -0.510. The van der Waals surface area contributed by atoms with Crippen LogP contribution in [0.2, 0.25) is 0 Å². The van der Waals surface area contributed by atoms with Gasteiger partial charge in [0.15, 0.2) is 0 Å². The zero-order valence-corrected chi connectivity index (χ0v) is 10.7. The van der Waals surface area contributed by atoms with Crippen LogP contribution < -0.4 is 5.73 Å². The van der Waals surface area contributed by atoms with E-state index in [0.717, 1.165) is 25.9 Å². The average Bonchev–Trinajstić information content (AvgIpc) is 2.31. The van der Waals surface area contributed by atoms with Crippen LogP contribution in [0.4, 0.5) is 0 Å². The zero-order chi connectivity index (χ0) is 11.6. The maximum absolute atomic E-state index is 6.24. The number of piperidine rings is 1. The molecule has 2 nitrogen and oxygen atoms in total. The standard InChI is InChI=1S/C13H20N2S/c1-11(14)13(7-9-15(16)10-8-13)12-5-3-2-4-6-12/h2-6,11,16H,7-10,14H2,1H3/t11-/m0/s1. The van der Waals surface area contributed by atoms with Gasteiger partial charge < -0.3 is 5.73 Å². The van der Waals surface area contributed by atoms with Crippen molar-refractivity contribution in [3.63, 3.8) is 0 Å². The highest BCUT2D eigenvalue weighted by Crippen LogP contribution is 2.38. The fourth-order valence-electron chi connectivity index (χ4n) is 2.67. The molecule has 1 saturated heterocycles. The molecule has 2 N–H and O–H groups in total. The number of nitrogens with zero attached hydrogens (tertiary/aromatic N) is 1. The number of hydrogen-bond donors (Lipinski definition) is 2. The first-order chi connectivity index (χ1) is 7.65. The summed E-state index contributed by atoms with van der Waals surface area (Å²) in [6.45, 7) is 4.15. The van der Waals surface area contributed by atoms with E-state index in [-0.39, 0.29) is 11.5 Å². The molecule has 1 fully saturated rings. The Morgan fingerprint density at radius 3 is 2.31 bits per heavy atom. The third kappa shape index (κ3) is 2.12. The summed E-state index contributed by atoms with van der Waals surface area (Å²) < 4.78 is 2.09. The topological polar surface area (TPSA) is 29.3 Å². The van der Waals surface area contributed by atoms with Crippen LogP contribution in [-0.4, -0.2) is 23.4 Å². The molecule has 0 aromatic heterocycles. The highest BCUT2D eigenvalue weighted by molar-refractivity contribution is 7.77. The molecule has 1 aromatic carbocycles. The molecule has 1 aliphatic rings. The minimum atomic E-state index is 0.139. The van der Waals surface area contributed by atoms with Crippen molar-refractivity contribution in [2.24, 2.45) is 5.73 Å². The van der Waals surface area contributed by atoms with Crippen LogP contribution >= 0.6 is 12.8 Å². The van der Waals surface area contributed by atoms with Crippen molar-refractivity contribution >= 4 is 12.8 Å². The van der Waals surface area contributed by atoms with Gasteiger partial charge in [0.1, 0.15) is 0 Å². The molecule has 0 bridgehead atoms. The van der Waals surface area contributed by atoms with E-state index in [0.29, 0.717) is 0 Å². The number of benzene rings is 1. The van der Waals surface area contributed by atoms with E-state index >= 15 is 0 Å². The first-order valence-electron chi connectivity index (χ1n) is 5.90. The monoisotopic (exact) mass is 236 g/mol. The van der Waals surface area contributed by atoms with Crippen molar-refractivity contribution in [2.45, 2.75) is 31.2 Å². The Morgan fingerprint density at radius 1 is 1.25 bits per heavy atom. The fraction of sp³-hybridized carbons (Fsp3) is 0.538. The van der Waals surface area contributed by atoms with Crippen molar-refractivity contribution in [1.82, 2.24) is 4.31 Å². The maximum Gasteiger partial charge on any atom is 0.0126 e. The molecule has 88 valence electrons. The van der Waals surface area contributed by atoms with E-state index in [1.54, 1.807) is 0 Å². The van der Waals surface area contributed by atoms with Gasteiger partial charge in [-0.1, -0.05) is 43.1 Å². The molecule has 2 rings (SSSR count). The minimum absolute atomic E-state index is 0.139. The van der Waals surface area contributed by atoms with Gasteiger partial charge >= 0.3 is 0 Å². The van der Waals surface area contributed by atoms with Crippen molar-refractivity contribution in [1.29, 1.82) is 0 Å². The Kier molecular flexibility index (Phi) is 3.57. The molecule has 1 aliphatic heterocycles. The van der Waals surface area contributed by atoms with Gasteiger partial charge in [-0.2, -0.15) is 0 Å². The van der Waals surface area contributed by atoms with Gasteiger partial charge in [-0.3, -0.25) is 4.31 Å². The first kappa shape index (κ1) is 12.0. The van der Waals surface area contributed by atoms with Gasteiger partial charge in [0.2, 0.25) is 0 Å².